The zero-order chi connectivity index (χ0) is 9.10. The summed E-state index contributed by atoms with van der Waals surface area (Å²) in [7, 11) is 0. The number of hydrogen-bond acceptors (Lipinski definition) is 2. The molecule has 0 saturated heterocycles. The Kier molecular flexibility index (Phi) is 2.50. The SMILES string of the molecule is CCOCN1CCc2ccccc21. The first kappa shape index (κ1) is 8.57. The first-order valence-electron chi connectivity index (χ1n) is 4.82. The van der Waals surface area contributed by atoms with E-state index in [-0.39, 0.29) is 0 Å². The molecule has 1 aliphatic heterocycles. The van der Waals surface area contributed by atoms with Gasteiger partial charge in [0.05, 0.1) is 0 Å². The summed E-state index contributed by atoms with van der Waals surface area (Å²) in [5, 5.41) is 0. The molecule has 13 heavy (non-hydrogen) atoms. The first-order valence-corrected chi connectivity index (χ1v) is 4.82. The summed E-state index contributed by atoms with van der Waals surface area (Å²) in [5.41, 5.74) is 2.79. The normalized spacial score (nSPS) is 14.7. The lowest BCUT2D eigenvalue weighted by molar-refractivity contribution is 0.149. The van der Waals surface area contributed by atoms with Gasteiger partial charge in [-0.25, -0.2) is 0 Å². The molecule has 0 saturated carbocycles. The predicted molar refractivity (Wildman–Crippen MR) is 54.0 cm³/mol. The summed E-state index contributed by atoms with van der Waals surface area (Å²) in [6.45, 7) is 4.65. The average Bonchev–Trinajstić information content (AvgIpc) is 2.58. The lowest BCUT2D eigenvalue weighted by Crippen LogP contribution is -2.23. The Hall–Kier alpha value is -1.02. The van der Waals surface area contributed by atoms with Crippen LogP contribution >= 0.6 is 0 Å². The monoisotopic (exact) mass is 177 g/mol. The number of ether oxygens (including phenoxy) is 1. The van der Waals surface area contributed by atoms with Gasteiger partial charge in [-0.1, -0.05) is 18.2 Å². The van der Waals surface area contributed by atoms with Crippen LogP contribution < -0.4 is 4.90 Å². The van der Waals surface area contributed by atoms with Crippen LogP contribution in [0.5, 0.6) is 0 Å². The number of rotatable bonds is 3. The van der Waals surface area contributed by atoms with E-state index in [1.807, 2.05) is 6.92 Å². The summed E-state index contributed by atoms with van der Waals surface area (Å²) in [5.74, 6) is 0. The summed E-state index contributed by atoms with van der Waals surface area (Å²) in [4.78, 5) is 2.29. The molecular weight excluding hydrogens is 162 g/mol. The predicted octanol–water partition coefficient (Wildman–Crippen LogP) is 2.04. The zero-order valence-electron chi connectivity index (χ0n) is 7.99. The molecule has 70 valence electrons. The Morgan fingerprint density at radius 2 is 2.23 bits per heavy atom. The topological polar surface area (TPSA) is 12.5 Å². The Balaban J connectivity index is 2.09. The molecule has 0 unspecified atom stereocenters. The second-order valence-electron chi connectivity index (χ2n) is 3.26. The molecule has 1 aromatic rings. The molecule has 2 nitrogen and oxygen atoms in total. The van der Waals surface area contributed by atoms with Gasteiger partial charge in [0.15, 0.2) is 0 Å². The molecule has 1 aliphatic rings. The van der Waals surface area contributed by atoms with Crippen LogP contribution in [-0.2, 0) is 11.2 Å². The van der Waals surface area contributed by atoms with E-state index in [1.165, 1.54) is 11.3 Å². The van der Waals surface area contributed by atoms with Crippen molar-refractivity contribution in [2.24, 2.45) is 0 Å². The fraction of sp³-hybridized carbons (Fsp3) is 0.455. The van der Waals surface area contributed by atoms with E-state index in [9.17, 15) is 0 Å². The van der Waals surface area contributed by atoms with E-state index in [1.54, 1.807) is 0 Å². The van der Waals surface area contributed by atoms with Gasteiger partial charge in [-0.05, 0) is 25.0 Å². The molecule has 0 amide bonds. The van der Waals surface area contributed by atoms with Gasteiger partial charge in [-0.15, -0.1) is 0 Å². The van der Waals surface area contributed by atoms with Crippen molar-refractivity contribution in [3.05, 3.63) is 29.8 Å². The molecule has 1 heterocycles. The maximum absolute atomic E-state index is 5.40. The van der Waals surface area contributed by atoms with Crippen LogP contribution in [0.15, 0.2) is 24.3 Å². The molecule has 2 heteroatoms. The lowest BCUT2D eigenvalue weighted by atomic mass is 10.2. The molecule has 1 aromatic carbocycles. The van der Waals surface area contributed by atoms with E-state index < -0.39 is 0 Å². The van der Waals surface area contributed by atoms with Gasteiger partial charge >= 0.3 is 0 Å². The number of benzene rings is 1. The van der Waals surface area contributed by atoms with E-state index in [0.29, 0.717) is 0 Å². The highest BCUT2D eigenvalue weighted by Crippen LogP contribution is 2.26. The quantitative estimate of drug-likeness (QED) is 0.700. The minimum absolute atomic E-state index is 0.730. The van der Waals surface area contributed by atoms with Crippen LogP contribution in [0.4, 0.5) is 5.69 Å². The van der Waals surface area contributed by atoms with Crippen molar-refractivity contribution in [2.75, 3.05) is 24.8 Å². The highest BCUT2D eigenvalue weighted by atomic mass is 16.5. The van der Waals surface area contributed by atoms with Crippen molar-refractivity contribution in [3.63, 3.8) is 0 Å². The van der Waals surface area contributed by atoms with Crippen LogP contribution in [0.25, 0.3) is 0 Å². The van der Waals surface area contributed by atoms with Gasteiger partial charge in [0, 0.05) is 18.8 Å². The molecule has 0 N–H and O–H groups in total. The van der Waals surface area contributed by atoms with Crippen LogP contribution in [0.1, 0.15) is 12.5 Å². The van der Waals surface area contributed by atoms with Crippen molar-refractivity contribution in [2.45, 2.75) is 13.3 Å². The van der Waals surface area contributed by atoms with Crippen molar-refractivity contribution in [3.8, 4) is 0 Å². The lowest BCUT2D eigenvalue weighted by Gasteiger charge is -2.18. The Morgan fingerprint density at radius 1 is 1.38 bits per heavy atom. The number of fused-ring (bicyclic) bond motifs is 1. The number of nitrogens with zero attached hydrogens (tertiary/aromatic N) is 1. The van der Waals surface area contributed by atoms with Gasteiger partial charge in [0.2, 0.25) is 0 Å². The first-order chi connectivity index (χ1) is 6.42. The summed E-state index contributed by atoms with van der Waals surface area (Å²) in [6.07, 6.45) is 1.16. The summed E-state index contributed by atoms with van der Waals surface area (Å²) < 4.78 is 5.40. The van der Waals surface area contributed by atoms with Crippen molar-refractivity contribution < 1.29 is 4.74 Å². The zero-order valence-corrected chi connectivity index (χ0v) is 7.99. The minimum Gasteiger partial charge on any atom is -0.361 e. The van der Waals surface area contributed by atoms with Crippen LogP contribution in [0.2, 0.25) is 0 Å². The summed E-state index contributed by atoms with van der Waals surface area (Å²) >= 11 is 0. The largest absolute Gasteiger partial charge is 0.361 e. The molecule has 0 fully saturated rings. The maximum Gasteiger partial charge on any atom is 0.118 e. The van der Waals surface area contributed by atoms with Crippen molar-refractivity contribution in [1.82, 2.24) is 0 Å². The molecule has 2 rings (SSSR count). The third-order valence-corrected chi connectivity index (χ3v) is 2.43. The van der Waals surface area contributed by atoms with Gasteiger partial charge in [0.25, 0.3) is 0 Å². The maximum atomic E-state index is 5.40. The number of anilines is 1. The number of hydrogen-bond donors (Lipinski definition) is 0. The van der Waals surface area contributed by atoms with E-state index in [2.05, 4.69) is 29.2 Å². The van der Waals surface area contributed by atoms with Crippen LogP contribution in [0.3, 0.4) is 0 Å². The van der Waals surface area contributed by atoms with E-state index in [4.69, 9.17) is 4.74 Å². The highest BCUT2D eigenvalue weighted by Gasteiger charge is 2.17. The number of para-hydroxylation sites is 1. The summed E-state index contributed by atoms with van der Waals surface area (Å²) in [6, 6.07) is 8.55. The second-order valence-corrected chi connectivity index (χ2v) is 3.26. The molecule has 0 radical (unpaired) electrons. The van der Waals surface area contributed by atoms with E-state index in [0.717, 1.165) is 26.3 Å². The fourth-order valence-electron chi connectivity index (χ4n) is 1.74. The average molecular weight is 177 g/mol. The van der Waals surface area contributed by atoms with Gasteiger partial charge < -0.3 is 9.64 Å². The second kappa shape index (κ2) is 3.79. The third-order valence-electron chi connectivity index (χ3n) is 2.43. The van der Waals surface area contributed by atoms with Gasteiger partial charge in [-0.3, -0.25) is 0 Å². The third kappa shape index (κ3) is 1.68. The fourth-order valence-corrected chi connectivity index (χ4v) is 1.74. The molecule has 0 aliphatic carbocycles. The Labute approximate surface area is 79.1 Å². The molecule has 0 bridgehead atoms. The Morgan fingerprint density at radius 3 is 3.08 bits per heavy atom. The van der Waals surface area contributed by atoms with E-state index >= 15 is 0 Å². The minimum atomic E-state index is 0.730. The molecular formula is C11H15NO. The van der Waals surface area contributed by atoms with Crippen molar-refractivity contribution in [1.29, 1.82) is 0 Å². The highest BCUT2D eigenvalue weighted by molar-refractivity contribution is 5.57. The van der Waals surface area contributed by atoms with Gasteiger partial charge in [-0.2, -0.15) is 0 Å². The van der Waals surface area contributed by atoms with Gasteiger partial charge in [0.1, 0.15) is 6.73 Å². The molecule has 0 spiro atoms. The standard InChI is InChI=1S/C11H15NO/c1-2-13-9-12-8-7-10-5-3-4-6-11(10)12/h3-6H,2,7-9H2,1H3. The van der Waals surface area contributed by atoms with Crippen molar-refractivity contribution >= 4 is 5.69 Å². The van der Waals surface area contributed by atoms with Crippen LogP contribution in [-0.4, -0.2) is 19.9 Å². The Bertz CT molecular complexity index is 285. The smallest absolute Gasteiger partial charge is 0.118 e. The molecule has 0 aromatic heterocycles. The van der Waals surface area contributed by atoms with Crippen LogP contribution in [0, 0.1) is 0 Å². The molecule has 0 atom stereocenters.